The average molecular weight is 398 g/mol. The first-order valence-electron chi connectivity index (χ1n) is 9.80. The first kappa shape index (κ1) is 19.4. The number of benzene rings is 1. The summed E-state index contributed by atoms with van der Waals surface area (Å²) in [5.41, 5.74) is 3.94. The molecule has 1 N–H and O–H groups in total. The second-order valence-electron chi connectivity index (χ2n) is 6.72. The van der Waals surface area contributed by atoms with Gasteiger partial charge in [0.1, 0.15) is 11.6 Å². The fourth-order valence-corrected chi connectivity index (χ4v) is 3.28. The number of nitrogens with zero attached hydrogens (tertiary/aromatic N) is 5. The van der Waals surface area contributed by atoms with Gasteiger partial charge in [0, 0.05) is 37.8 Å². The number of aromatic nitrogens is 2. The van der Waals surface area contributed by atoms with Gasteiger partial charge in [-0.1, -0.05) is 12.1 Å². The largest absolute Gasteiger partial charge is 0.496 e. The van der Waals surface area contributed by atoms with Gasteiger partial charge in [0.15, 0.2) is 5.82 Å². The van der Waals surface area contributed by atoms with Gasteiger partial charge < -0.3 is 24.0 Å². The summed E-state index contributed by atoms with van der Waals surface area (Å²) in [5, 5.41) is 4.36. The van der Waals surface area contributed by atoms with E-state index in [1.165, 1.54) is 0 Å². The molecule has 0 aliphatic carbocycles. The van der Waals surface area contributed by atoms with E-state index < -0.39 is 0 Å². The first-order valence-corrected chi connectivity index (χ1v) is 9.80. The minimum atomic E-state index is 0.647. The summed E-state index contributed by atoms with van der Waals surface area (Å²) in [6.07, 6.45) is 1.73. The fourth-order valence-electron chi connectivity index (χ4n) is 3.28. The molecule has 9 heteroatoms. The lowest BCUT2D eigenvalue weighted by atomic mass is 10.2. The summed E-state index contributed by atoms with van der Waals surface area (Å²) in [4.78, 5) is 13.8. The van der Waals surface area contributed by atoms with Crippen LogP contribution in [0.3, 0.4) is 0 Å². The second-order valence-corrected chi connectivity index (χ2v) is 6.72. The Morgan fingerprint density at radius 3 is 2.41 bits per heavy atom. The van der Waals surface area contributed by atoms with Crippen molar-refractivity contribution in [3.05, 3.63) is 35.9 Å². The summed E-state index contributed by atoms with van der Waals surface area (Å²) in [7, 11) is 1.65. The number of morpholine rings is 2. The summed E-state index contributed by atoms with van der Waals surface area (Å²) in [6, 6.07) is 9.65. The molecular weight excluding hydrogens is 372 g/mol. The summed E-state index contributed by atoms with van der Waals surface area (Å²) in [6.45, 7) is 5.93. The van der Waals surface area contributed by atoms with Crippen LogP contribution >= 0.6 is 0 Å². The third-order valence-corrected chi connectivity index (χ3v) is 4.85. The minimum absolute atomic E-state index is 0.647. The molecule has 2 saturated heterocycles. The molecule has 0 amide bonds. The van der Waals surface area contributed by atoms with Crippen molar-refractivity contribution in [2.45, 2.75) is 0 Å². The molecule has 2 aliphatic rings. The molecule has 0 unspecified atom stereocenters. The predicted octanol–water partition coefficient (Wildman–Crippen LogP) is 1.60. The van der Waals surface area contributed by atoms with Crippen molar-refractivity contribution in [3.63, 3.8) is 0 Å². The minimum Gasteiger partial charge on any atom is -0.496 e. The topological polar surface area (TPSA) is 84.3 Å². The highest BCUT2D eigenvalue weighted by molar-refractivity contribution is 5.83. The number of rotatable bonds is 6. The van der Waals surface area contributed by atoms with Crippen molar-refractivity contribution in [2.75, 3.05) is 74.9 Å². The van der Waals surface area contributed by atoms with E-state index in [2.05, 4.69) is 25.3 Å². The molecule has 0 saturated carbocycles. The van der Waals surface area contributed by atoms with Gasteiger partial charge in [-0.05, 0) is 12.1 Å². The molecule has 0 atom stereocenters. The van der Waals surface area contributed by atoms with Crippen molar-refractivity contribution in [2.24, 2.45) is 5.10 Å². The Bertz CT molecular complexity index is 798. The monoisotopic (exact) mass is 398 g/mol. The average Bonchev–Trinajstić information content (AvgIpc) is 2.80. The van der Waals surface area contributed by atoms with E-state index in [4.69, 9.17) is 19.2 Å². The van der Waals surface area contributed by atoms with Gasteiger partial charge >= 0.3 is 0 Å². The molecule has 0 radical (unpaired) electrons. The Balaban J connectivity index is 1.56. The Hall–Kier alpha value is -2.91. The highest BCUT2D eigenvalue weighted by Gasteiger charge is 2.19. The van der Waals surface area contributed by atoms with Crippen molar-refractivity contribution in [3.8, 4) is 5.75 Å². The quantitative estimate of drug-likeness (QED) is 0.580. The summed E-state index contributed by atoms with van der Waals surface area (Å²) < 4.78 is 16.3. The van der Waals surface area contributed by atoms with Crippen LogP contribution in [-0.4, -0.2) is 75.9 Å². The standard InChI is InChI=1S/C20H26N6O3/c1-27-17-5-3-2-4-16(17)15-21-24-18-14-19(25-6-10-28-11-7-25)23-20(22-18)26-8-12-29-13-9-26/h2-5,14-15H,6-13H2,1H3,(H,22,23,24)/b21-15-. The van der Waals surface area contributed by atoms with E-state index in [0.29, 0.717) is 38.2 Å². The van der Waals surface area contributed by atoms with Gasteiger partial charge in [-0.15, -0.1) is 0 Å². The van der Waals surface area contributed by atoms with Crippen molar-refractivity contribution >= 4 is 23.8 Å². The third-order valence-electron chi connectivity index (χ3n) is 4.85. The molecule has 29 heavy (non-hydrogen) atoms. The maximum absolute atomic E-state index is 5.47. The van der Waals surface area contributed by atoms with E-state index in [0.717, 1.165) is 43.3 Å². The molecular formula is C20H26N6O3. The fraction of sp³-hybridized carbons (Fsp3) is 0.450. The lowest BCUT2D eigenvalue weighted by molar-refractivity contribution is 0.121. The van der Waals surface area contributed by atoms with Gasteiger partial charge in [-0.3, -0.25) is 5.43 Å². The van der Waals surface area contributed by atoms with Crippen molar-refractivity contribution in [1.82, 2.24) is 9.97 Å². The van der Waals surface area contributed by atoms with E-state index in [1.807, 2.05) is 30.3 Å². The SMILES string of the molecule is COc1ccccc1/C=N\Nc1cc(N2CCOCC2)nc(N2CCOCC2)n1. The summed E-state index contributed by atoms with van der Waals surface area (Å²) >= 11 is 0. The molecule has 0 bridgehead atoms. The molecule has 0 spiro atoms. The van der Waals surface area contributed by atoms with Gasteiger partial charge in [-0.2, -0.15) is 15.1 Å². The van der Waals surface area contributed by atoms with Crippen LogP contribution in [0.15, 0.2) is 35.4 Å². The van der Waals surface area contributed by atoms with E-state index in [-0.39, 0.29) is 0 Å². The second kappa shape index (κ2) is 9.53. The molecule has 2 aliphatic heterocycles. The zero-order valence-electron chi connectivity index (χ0n) is 16.6. The third kappa shape index (κ3) is 4.93. The van der Waals surface area contributed by atoms with Crippen LogP contribution in [-0.2, 0) is 9.47 Å². The molecule has 2 fully saturated rings. The first-order chi connectivity index (χ1) is 14.3. The zero-order chi connectivity index (χ0) is 19.9. The zero-order valence-corrected chi connectivity index (χ0v) is 16.6. The number of para-hydroxylation sites is 1. The van der Waals surface area contributed by atoms with Crippen molar-refractivity contribution < 1.29 is 14.2 Å². The predicted molar refractivity (Wildman–Crippen MR) is 112 cm³/mol. The molecule has 154 valence electrons. The van der Waals surface area contributed by atoms with E-state index in [1.54, 1.807) is 13.3 Å². The number of nitrogens with one attached hydrogen (secondary N) is 1. The Morgan fingerprint density at radius 2 is 1.69 bits per heavy atom. The number of hydrogen-bond donors (Lipinski definition) is 1. The number of methoxy groups -OCH3 is 1. The maximum Gasteiger partial charge on any atom is 0.229 e. The molecule has 3 heterocycles. The van der Waals surface area contributed by atoms with Gasteiger partial charge in [-0.25, -0.2) is 0 Å². The van der Waals surface area contributed by atoms with E-state index >= 15 is 0 Å². The van der Waals surface area contributed by atoms with Crippen molar-refractivity contribution in [1.29, 1.82) is 0 Å². The molecule has 1 aromatic heterocycles. The molecule has 4 rings (SSSR count). The lowest BCUT2D eigenvalue weighted by Gasteiger charge is -2.31. The highest BCUT2D eigenvalue weighted by atomic mass is 16.5. The molecule has 1 aromatic carbocycles. The normalized spacial score (nSPS) is 17.6. The van der Waals surface area contributed by atoms with Gasteiger partial charge in [0.05, 0.1) is 39.8 Å². The highest BCUT2D eigenvalue weighted by Crippen LogP contribution is 2.22. The Labute approximate surface area is 170 Å². The van der Waals surface area contributed by atoms with E-state index in [9.17, 15) is 0 Å². The van der Waals surface area contributed by atoms with Gasteiger partial charge in [0.25, 0.3) is 0 Å². The lowest BCUT2D eigenvalue weighted by Crippen LogP contribution is -2.39. The van der Waals surface area contributed by atoms with Crippen LogP contribution in [0, 0.1) is 0 Å². The Kier molecular flexibility index (Phi) is 6.38. The number of ether oxygens (including phenoxy) is 3. The Morgan fingerprint density at radius 1 is 1.00 bits per heavy atom. The van der Waals surface area contributed by atoms with Crippen LogP contribution in [0.4, 0.5) is 17.6 Å². The van der Waals surface area contributed by atoms with Crippen LogP contribution in [0.2, 0.25) is 0 Å². The summed E-state index contributed by atoms with van der Waals surface area (Å²) in [5.74, 6) is 2.98. The molecule has 2 aromatic rings. The van der Waals surface area contributed by atoms with Crippen LogP contribution in [0.1, 0.15) is 5.56 Å². The van der Waals surface area contributed by atoms with Crippen LogP contribution in [0.25, 0.3) is 0 Å². The number of anilines is 3. The maximum atomic E-state index is 5.47. The van der Waals surface area contributed by atoms with Crippen LogP contribution < -0.4 is 20.0 Å². The number of hydrogen-bond acceptors (Lipinski definition) is 9. The number of hydrazone groups is 1. The van der Waals surface area contributed by atoms with Crippen LogP contribution in [0.5, 0.6) is 5.75 Å². The van der Waals surface area contributed by atoms with Gasteiger partial charge in [0.2, 0.25) is 5.95 Å². The smallest absolute Gasteiger partial charge is 0.229 e. The molecule has 9 nitrogen and oxygen atoms in total.